The van der Waals surface area contributed by atoms with E-state index in [4.69, 9.17) is 17.3 Å². The van der Waals surface area contributed by atoms with Crippen LogP contribution in [-0.4, -0.2) is 16.6 Å². The minimum Gasteiger partial charge on any atom is -0.502 e. The quantitative estimate of drug-likeness (QED) is 0.627. The summed E-state index contributed by atoms with van der Waals surface area (Å²) in [5.41, 5.74) is 5.77. The van der Waals surface area contributed by atoms with Crippen LogP contribution in [0.2, 0.25) is 5.02 Å². The number of hydrogen-bond donors (Lipinski definition) is 2. The molecule has 0 amide bonds. The summed E-state index contributed by atoms with van der Waals surface area (Å²) in [7, 11) is 0. The number of benzene rings is 1. The van der Waals surface area contributed by atoms with Gasteiger partial charge in [0.25, 0.3) is 0 Å². The molecule has 3 N–H and O–H groups in total. The summed E-state index contributed by atoms with van der Waals surface area (Å²) in [6, 6.07) is 1.55. The lowest BCUT2D eigenvalue weighted by atomic mass is 10.0. The molecule has 88 valence electrons. The zero-order valence-corrected chi connectivity index (χ0v) is 9.62. The SMILES string of the molecule is Cc1c(Cl)cc(CCCN)c(O)c1[N+](=O)[O-]. The lowest BCUT2D eigenvalue weighted by Gasteiger charge is -2.08. The van der Waals surface area contributed by atoms with E-state index in [1.54, 1.807) is 6.07 Å². The van der Waals surface area contributed by atoms with Crippen molar-refractivity contribution in [2.24, 2.45) is 5.73 Å². The number of rotatable bonds is 4. The highest BCUT2D eigenvalue weighted by Crippen LogP contribution is 2.38. The van der Waals surface area contributed by atoms with Crippen molar-refractivity contribution in [3.8, 4) is 5.75 Å². The Balaban J connectivity index is 3.27. The van der Waals surface area contributed by atoms with E-state index in [2.05, 4.69) is 0 Å². The number of hydrogen-bond acceptors (Lipinski definition) is 4. The first-order valence-corrected chi connectivity index (χ1v) is 5.22. The second kappa shape index (κ2) is 5.14. The first-order chi connectivity index (χ1) is 7.49. The molecule has 5 nitrogen and oxygen atoms in total. The van der Waals surface area contributed by atoms with Crippen LogP contribution in [0.3, 0.4) is 0 Å². The van der Waals surface area contributed by atoms with E-state index >= 15 is 0 Å². The molecule has 0 aliphatic rings. The predicted molar refractivity (Wildman–Crippen MR) is 61.9 cm³/mol. The summed E-state index contributed by atoms with van der Waals surface area (Å²) in [6.07, 6.45) is 1.12. The highest BCUT2D eigenvalue weighted by atomic mass is 35.5. The van der Waals surface area contributed by atoms with Gasteiger partial charge in [0.15, 0.2) is 5.75 Å². The van der Waals surface area contributed by atoms with Crippen molar-refractivity contribution in [2.45, 2.75) is 19.8 Å². The van der Waals surface area contributed by atoms with Crippen LogP contribution in [0.25, 0.3) is 0 Å². The molecule has 16 heavy (non-hydrogen) atoms. The molecule has 6 heteroatoms. The maximum atomic E-state index is 10.8. The standard InChI is InChI=1S/C10H13ClN2O3/c1-6-8(11)5-7(3-2-4-12)10(14)9(6)13(15)16/h5,14H,2-4,12H2,1H3. The third-order valence-corrected chi connectivity index (χ3v) is 2.77. The molecule has 1 rings (SSSR count). The summed E-state index contributed by atoms with van der Waals surface area (Å²) in [6.45, 7) is 1.96. The van der Waals surface area contributed by atoms with E-state index in [9.17, 15) is 15.2 Å². The summed E-state index contributed by atoms with van der Waals surface area (Å²) in [4.78, 5) is 10.2. The topological polar surface area (TPSA) is 89.4 Å². The van der Waals surface area contributed by atoms with Crippen LogP contribution in [0.1, 0.15) is 17.5 Å². The normalized spacial score (nSPS) is 10.4. The molecule has 0 aromatic heterocycles. The van der Waals surface area contributed by atoms with Crippen molar-refractivity contribution >= 4 is 17.3 Å². The Bertz CT molecular complexity index is 421. The molecule has 0 bridgehead atoms. The van der Waals surface area contributed by atoms with E-state index < -0.39 is 4.92 Å². The van der Waals surface area contributed by atoms with E-state index in [1.165, 1.54) is 6.92 Å². The lowest BCUT2D eigenvalue weighted by molar-refractivity contribution is -0.386. The van der Waals surface area contributed by atoms with Crippen LogP contribution in [0.4, 0.5) is 5.69 Å². The van der Waals surface area contributed by atoms with E-state index in [-0.39, 0.29) is 22.0 Å². The Labute approximate surface area is 98.0 Å². The van der Waals surface area contributed by atoms with Crippen molar-refractivity contribution in [3.63, 3.8) is 0 Å². The van der Waals surface area contributed by atoms with E-state index in [0.29, 0.717) is 24.9 Å². The van der Waals surface area contributed by atoms with Crippen LogP contribution in [0.5, 0.6) is 5.75 Å². The second-order valence-corrected chi connectivity index (χ2v) is 3.90. The number of nitro groups is 1. The Morgan fingerprint density at radius 1 is 1.62 bits per heavy atom. The first kappa shape index (κ1) is 12.7. The molecule has 0 fully saturated rings. The van der Waals surface area contributed by atoms with Gasteiger partial charge in [0.2, 0.25) is 0 Å². The van der Waals surface area contributed by atoms with Gasteiger partial charge in [-0.1, -0.05) is 11.6 Å². The predicted octanol–water partition coefficient (Wildman–Crippen LogP) is 2.15. The molecule has 0 saturated heterocycles. The minimum absolute atomic E-state index is 0.278. The molecule has 0 saturated carbocycles. The molecule has 0 unspecified atom stereocenters. The Morgan fingerprint density at radius 2 is 2.25 bits per heavy atom. The van der Waals surface area contributed by atoms with Gasteiger partial charge in [-0.15, -0.1) is 0 Å². The third-order valence-electron chi connectivity index (χ3n) is 2.38. The van der Waals surface area contributed by atoms with Gasteiger partial charge in [0.1, 0.15) is 0 Å². The molecule has 1 aromatic rings. The largest absolute Gasteiger partial charge is 0.502 e. The van der Waals surface area contributed by atoms with Crippen molar-refractivity contribution in [1.29, 1.82) is 0 Å². The van der Waals surface area contributed by atoms with Gasteiger partial charge in [-0.05, 0) is 32.4 Å². The lowest BCUT2D eigenvalue weighted by Crippen LogP contribution is -2.02. The number of phenolic OH excluding ortho intramolecular Hbond substituents is 1. The molecular formula is C10H13ClN2O3. The molecule has 0 atom stereocenters. The number of nitro benzene ring substituents is 1. The molecule has 0 aliphatic carbocycles. The zero-order valence-electron chi connectivity index (χ0n) is 8.86. The van der Waals surface area contributed by atoms with Gasteiger partial charge in [-0.25, -0.2) is 0 Å². The van der Waals surface area contributed by atoms with Crippen LogP contribution >= 0.6 is 11.6 Å². The van der Waals surface area contributed by atoms with Gasteiger partial charge in [0.05, 0.1) is 9.95 Å². The van der Waals surface area contributed by atoms with Crippen molar-refractivity contribution in [1.82, 2.24) is 0 Å². The van der Waals surface area contributed by atoms with Crippen molar-refractivity contribution < 1.29 is 10.0 Å². The maximum Gasteiger partial charge on any atom is 0.315 e. The van der Waals surface area contributed by atoms with Gasteiger partial charge in [0, 0.05) is 11.1 Å². The molecular weight excluding hydrogens is 232 g/mol. The monoisotopic (exact) mass is 244 g/mol. The number of nitrogens with zero attached hydrogens (tertiary/aromatic N) is 1. The van der Waals surface area contributed by atoms with Gasteiger partial charge in [-0.3, -0.25) is 10.1 Å². The average molecular weight is 245 g/mol. The van der Waals surface area contributed by atoms with Crippen LogP contribution in [0, 0.1) is 17.0 Å². The second-order valence-electron chi connectivity index (χ2n) is 3.49. The van der Waals surface area contributed by atoms with Crippen molar-refractivity contribution in [3.05, 3.63) is 32.3 Å². The maximum absolute atomic E-state index is 10.8. The summed E-state index contributed by atoms with van der Waals surface area (Å²) in [5, 5.41) is 20.8. The number of phenols is 1. The molecule has 0 heterocycles. The fraction of sp³-hybridized carbons (Fsp3) is 0.400. The number of aryl methyl sites for hydroxylation is 1. The molecule has 0 aliphatic heterocycles. The number of aromatic hydroxyl groups is 1. The summed E-state index contributed by atoms with van der Waals surface area (Å²) >= 11 is 5.87. The van der Waals surface area contributed by atoms with Crippen LogP contribution in [-0.2, 0) is 6.42 Å². The minimum atomic E-state index is -0.623. The summed E-state index contributed by atoms with van der Waals surface area (Å²) < 4.78 is 0. The average Bonchev–Trinajstić information content (AvgIpc) is 2.21. The van der Waals surface area contributed by atoms with Crippen LogP contribution in [0.15, 0.2) is 6.07 Å². The van der Waals surface area contributed by atoms with E-state index in [0.717, 1.165) is 0 Å². The third kappa shape index (κ3) is 2.43. The number of nitrogens with two attached hydrogens (primary N) is 1. The summed E-state index contributed by atoms with van der Waals surface area (Å²) in [5.74, 6) is -0.305. The molecule has 0 radical (unpaired) electrons. The highest BCUT2D eigenvalue weighted by molar-refractivity contribution is 6.31. The Hall–Kier alpha value is -1.33. The van der Waals surface area contributed by atoms with Gasteiger partial charge in [-0.2, -0.15) is 0 Å². The van der Waals surface area contributed by atoms with Crippen molar-refractivity contribution in [2.75, 3.05) is 6.54 Å². The van der Waals surface area contributed by atoms with E-state index in [1.807, 2.05) is 0 Å². The Morgan fingerprint density at radius 3 is 2.75 bits per heavy atom. The van der Waals surface area contributed by atoms with Gasteiger partial charge < -0.3 is 10.8 Å². The Kier molecular flexibility index (Phi) is 4.09. The molecule has 0 spiro atoms. The van der Waals surface area contributed by atoms with Crippen LogP contribution < -0.4 is 5.73 Å². The smallest absolute Gasteiger partial charge is 0.315 e. The van der Waals surface area contributed by atoms with Gasteiger partial charge >= 0.3 is 5.69 Å². The fourth-order valence-corrected chi connectivity index (χ4v) is 1.70. The molecule has 1 aromatic carbocycles. The fourth-order valence-electron chi connectivity index (χ4n) is 1.48. The highest BCUT2D eigenvalue weighted by Gasteiger charge is 2.22. The zero-order chi connectivity index (χ0) is 12.3. The first-order valence-electron chi connectivity index (χ1n) is 4.84. The number of halogens is 1.